The second kappa shape index (κ2) is 6.48. The molecule has 0 aliphatic carbocycles. The largest absolute Gasteiger partial charge is 0.380 e. The molecular formula is C13H21BrN2OS. The van der Waals surface area contributed by atoms with Gasteiger partial charge in [0, 0.05) is 24.6 Å². The third-order valence-corrected chi connectivity index (χ3v) is 5.21. The summed E-state index contributed by atoms with van der Waals surface area (Å²) in [5.74, 6) is 0. The molecule has 1 aromatic rings. The van der Waals surface area contributed by atoms with Gasteiger partial charge >= 0.3 is 0 Å². The van der Waals surface area contributed by atoms with Crippen LogP contribution in [0.15, 0.2) is 15.9 Å². The number of ether oxygens (including phenoxy) is 1. The van der Waals surface area contributed by atoms with Gasteiger partial charge in [0.05, 0.1) is 15.9 Å². The number of hydrogen-bond donors (Lipinski definition) is 1. The Morgan fingerprint density at radius 2 is 2.33 bits per heavy atom. The molecular weight excluding hydrogens is 312 g/mol. The highest BCUT2D eigenvalue weighted by Gasteiger charge is 2.30. The van der Waals surface area contributed by atoms with Gasteiger partial charge in [-0.15, -0.1) is 11.3 Å². The Hall–Kier alpha value is 0.0600. The number of hydrogen-bond acceptors (Lipinski definition) is 4. The topological polar surface area (TPSA) is 38.5 Å². The first-order valence-corrected chi connectivity index (χ1v) is 8.00. The van der Waals surface area contributed by atoms with Crippen molar-refractivity contribution in [1.29, 1.82) is 0 Å². The molecule has 1 saturated heterocycles. The Morgan fingerprint density at radius 3 is 2.89 bits per heavy atom. The molecule has 3 nitrogen and oxygen atoms in total. The minimum atomic E-state index is 0.131. The van der Waals surface area contributed by atoms with Crippen LogP contribution in [0, 0.1) is 0 Å². The maximum absolute atomic E-state index is 6.20. The van der Waals surface area contributed by atoms with Gasteiger partial charge in [-0.3, -0.25) is 4.90 Å². The van der Waals surface area contributed by atoms with Gasteiger partial charge in [-0.05, 0) is 54.4 Å². The molecule has 0 saturated carbocycles. The van der Waals surface area contributed by atoms with E-state index in [0.29, 0.717) is 12.1 Å². The second-order valence-corrected chi connectivity index (χ2v) is 7.44. The number of piperidine rings is 1. The van der Waals surface area contributed by atoms with Crippen molar-refractivity contribution in [3.8, 4) is 0 Å². The van der Waals surface area contributed by atoms with Gasteiger partial charge in [-0.2, -0.15) is 0 Å². The van der Waals surface area contributed by atoms with E-state index in [9.17, 15) is 0 Å². The molecule has 0 aromatic carbocycles. The number of halogens is 1. The van der Waals surface area contributed by atoms with Gasteiger partial charge in [0.15, 0.2) is 0 Å². The van der Waals surface area contributed by atoms with Gasteiger partial charge in [0.25, 0.3) is 0 Å². The van der Waals surface area contributed by atoms with Crippen molar-refractivity contribution in [2.45, 2.75) is 38.0 Å². The summed E-state index contributed by atoms with van der Waals surface area (Å²) in [6, 6.07) is 4.72. The Bertz CT molecular complexity index is 383. The SMILES string of the molecule is COC1CCCN(C(c2ccc(Br)s2)C(C)N)C1. The van der Waals surface area contributed by atoms with E-state index in [1.807, 2.05) is 0 Å². The summed E-state index contributed by atoms with van der Waals surface area (Å²) in [6.07, 6.45) is 2.70. The van der Waals surface area contributed by atoms with Crippen LogP contribution in [0.4, 0.5) is 0 Å². The molecule has 3 atom stereocenters. The van der Waals surface area contributed by atoms with E-state index in [1.54, 1.807) is 18.4 Å². The van der Waals surface area contributed by atoms with E-state index in [1.165, 1.54) is 15.1 Å². The van der Waals surface area contributed by atoms with Crippen LogP contribution in [0.1, 0.15) is 30.7 Å². The molecule has 1 aliphatic heterocycles. The maximum Gasteiger partial charge on any atom is 0.0702 e. The minimum absolute atomic E-state index is 0.131. The van der Waals surface area contributed by atoms with Crippen LogP contribution in [0.3, 0.4) is 0 Å². The summed E-state index contributed by atoms with van der Waals surface area (Å²) in [4.78, 5) is 3.81. The molecule has 18 heavy (non-hydrogen) atoms. The van der Waals surface area contributed by atoms with E-state index in [-0.39, 0.29) is 6.04 Å². The number of methoxy groups -OCH3 is 1. The molecule has 2 rings (SSSR count). The van der Waals surface area contributed by atoms with Gasteiger partial charge < -0.3 is 10.5 Å². The molecule has 1 aliphatic rings. The molecule has 3 unspecified atom stereocenters. The predicted molar refractivity (Wildman–Crippen MR) is 80.0 cm³/mol. The number of thiophene rings is 1. The van der Waals surface area contributed by atoms with E-state index in [0.717, 1.165) is 19.5 Å². The molecule has 5 heteroatoms. The van der Waals surface area contributed by atoms with Crippen LogP contribution >= 0.6 is 27.3 Å². The first kappa shape index (κ1) is 14.5. The van der Waals surface area contributed by atoms with Crippen LogP contribution in [0.5, 0.6) is 0 Å². The molecule has 1 fully saturated rings. The zero-order chi connectivity index (χ0) is 13.1. The summed E-state index contributed by atoms with van der Waals surface area (Å²) in [6.45, 7) is 4.19. The second-order valence-electron chi connectivity index (χ2n) is 4.94. The highest BCUT2D eigenvalue weighted by Crippen LogP contribution is 2.34. The first-order chi connectivity index (χ1) is 8.61. The van der Waals surface area contributed by atoms with E-state index in [4.69, 9.17) is 10.5 Å². The fraction of sp³-hybridized carbons (Fsp3) is 0.692. The summed E-state index contributed by atoms with van der Waals surface area (Å²) in [5.41, 5.74) is 6.20. The predicted octanol–water partition coefficient (Wildman–Crippen LogP) is 3.01. The van der Waals surface area contributed by atoms with Crippen molar-refractivity contribution in [1.82, 2.24) is 4.90 Å². The Labute approximate surface area is 121 Å². The molecule has 2 N–H and O–H groups in total. The van der Waals surface area contributed by atoms with Crippen LogP contribution < -0.4 is 5.73 Å². The van der Waals surface area contributed by atoms with Crippen molar-refractivity contribution in [3.05, 3.63) is 20.8 Å². The first-order valence-electron chi connectivity index (χ1n) is 6.39. The molecule has 102 valence electrons. The quantitative estimate of drug-likeness (QED) is 0.921. The normalized spacial score (nSPS) is 25.0. The average molecular weight is 333 g/mol. The summed E-state index contributed by atoms with van der Waals surface area (Å²) < 4.78 is 6.67. The van der Waals surface area contributed by atoms with Crippen LogP contribution in [-0.4, -0.2) is 37.2 Å². The smallest absolute Gasteiger partial charge is 0.0702 e. The number of rotatable bonds is 4. The van der Waals surface area contributed by atoms with E-state index >= 15 is 0 Å². The lowest BCUT2D eigenvalue weighted by atomic mass is 10.0. The number of nitrogens with zero attached hydrogens (tertiary/aromatic N) is 1. The van der Waals surface area contributed by atoms with Crippen molar-refractivity contribution in [2.75, 3.05) is 20.2 Å². The lowest BCUT2D eigenvalue weighted by molar-refractivity contribution is 0.0110. The molecule has 0 spiro atoms. The lowest BCUT2D eigenvalue weighted by Crippen LogP contribution is -2.46. The maximum atomic E-state index is 6.20. The lowest BCUT2D eigenvalue weighted by Gasteiger charge is -2.39. The molecule has 1 aromatic heterocycles. The Morgan fingerprint density at radius 1 is 1.56 bits per heavy atom. The fourth-order valence-electron chi connectivity index (χ4n) is 2.67. The van der Waals surface area contributed by atoms with E-state index < -0.39 is 0 Å². The van der Waals surface area contributed by atoms with Crippen LogP contribution in [0.2, 0.25) is 0 Å². The average Bonchev–Trinajstić information content (AvgIpc) is 2.75. The zero-order valence-corrected chi connectivity index (χ0v) is 13.3. The summed E-state index contributed by atoms with van der Waals surface area (Å²) in [7, 11) is 1.80. The Kier molecular flexibility index (Phi) is 5.21. The van der Waals surface area contributed by atoms with Gasteiger partial charge in [0.1, 0.15) is 0 Å². The zero-order valence-electron chi connectivity index (χ0n) is 10.9. The monoisotopic (exact) mass is 332 g/mol. The van der Waals surface area contributed by atoms with Crippen molar-refractivity contribution in [3.63, 3.8) is 0 Å². The van der Waals surface area contributed by atoms with E-state index in [2.05, 4.69) is 39.9 Å². The number of likely N-dealkylation sites (tertiary alicyclic amines) is 1. The van der Waals surface area contributed by atoms with Crippen molar-refractivity contribution < 1.29 is 4.74 Å². The third-order valence-electron chi connectivity index (χ3n) is 3.52. The van der Waals surface area contributed by atoms with Crippen molar-refractivity contribution >= 4 is 27.3 Å². The standard InChI is InChI=1S/C13H21BrN2OS/c1-9(15)13(11-5-6-12(14)18-11)16-7-3-4-10(8-16)17-2/h5-6,9-10,13H,3-4,7-8,15H2,1-2H3. The Balaban J connectivity index is 2.14. The molecule has 2 heterocycles. The third kappa shape index (κ3) is 3.33. The number of nitrogens with two attached hydrogens (primary N) is 1. The molecule has 0 radical (unpaired) electrons. The molecule has 0 amide bonds. The molecule has 0 bridgehead atoms. The van der Waals surface area contributed by atoms with Gasteiger partial charge in [-0.25, -0.2) is 0 Å². The van der Waals surface area contributed by atoms with Gasteiger partial charge in [0.2, 0.25) is 0 Å². The van der Waals surface area contributed by atoms with Crippen LogP contribution in [-0.2, 0) is 4.74 Å². The van der Waals surface area contributed by atoms with Gasteiger partial charge in [-0.1, -0.05) is 0 Å². The fourth-order valence-corrected chi connectivity index (χ4v) is 4.34. The highest BCUT2D eigenvalue weighted by molar-refractivity contribution is 9.11. The van der Waals surface area contributed by atoms with Crippen LogP contribution in [0.25, 0.3) is 0 Å². The van der Waals surface area contributed by atoms with Crippen molar-refractivity contribution in [2.24, 2.45) is 5.73 Å². The summed E-state index contributed by atoms with van der Waals surface area (Å²) >= 11 is 5.31. The summed E-state index contributed by atoms with van der Waals surface area (Å²) in [5, 5.41) is 0. The highest BCUT2D eigenvalue weighted by atomic mass is 79.9. The minimum Gasteiger partial charge on any atom is -0.380 e.